The zero-order chi connectivity index (χ0) is 15.8. The van der Waals surface area contributed by atoms with Crippen LogP contribution in [0.4, 0.5) is 13.2 Å². The highest BCUT2D eigenvalue weighted by atomic mass is 19.4. The van der Waals surface area contributed by atoms with Gasteiger partial charge in [0.05, 0.1) is 5.56 Å². The second kappa shape index (κ2) is 5.08. The summed E-state index contributed by atoms with van der Waals surface area (Å²) in [5.41, 5.74) is 5.93. The molecule has 2 aromatic rings. The topological polar surface area (TPSA) is 89.3 Å². The lowest BCUT2D eigenvalue weighted by molar-refractivity contribution is -0.141. The van der Waals surface area contributed by atoms with Gasteiger partial charge in [-0.05, 0) is 31.5 Å². The first-order valence-corrected chi connectivity index (χ1v) is 5.83. The number of nitrogens with two attached hydrogens (primary N) is 1. The molecule has 0 saturated carbocycles. The van der Waals surface area contributed by atoms with Crippen LogP contribution in [0.15, 0.2) is 23.5 Å². The largest absolute Gasteiger partial charge is 0.435 e. The van der Waals surface area contributed by atoms with Crippen LogP contribution in [0.3, 0.4) is 0 Å². The van der Waals surface area contributed by atoms with Gasteiger partial charge in [0.1, 0.15) is 0 Å². The molecule has 0 amide bonds. The zero-order valence-corrected chi connectivity index (χ0v) is 11.2. The Labute approximate surface area is 117 Å². The van der Waals surface area contributed by atoms with Crippen molar-refractivity contribution in [3.05, 3.63) is 40.8 Å². The molecule has 0 atom stereocenters. The van der Waals surface area contributed by atoms with E-state index in [1.165, 1.54) is 0 Å². The number of pyridine rings is 1. The molecule has 0 aliphatic carbocycles. The molecule has 0 bridgehead atoms. The second-order valence-electron chi connectivity index (χ2n) is 4.41. The SMILES string of the molecule is Cc1cc(C)c(C(N)=NO)c(-n2ccc(C(F)(F)F)n2)n1. The molecule has 2 heterocycles. The number of rotatable bonds is 2. The van der Waals surface area contributed by atoms with Crippen LogP contribution >= 0.6 is 0 Å². The number of oxime groups is 1. The number of hydrogen-bond acceptors (Lipinski definition) is 4. The molecule has 0 saturated heterocycles. The van der Waals surface area contributed by atoms with Gasteiger partial charge in [-0.25, -0.2) is 9.67 Å². The predicted octanol–water partition coefficient (Wildman–Crippen LogP) is 2.00. The van der Waals surface area contributed by atoms with Gasteiger partial charge in [0, 0.05) is 11.9 Å². The van der Waals surface area contributed by atoms with Crippen molar-refractivity contribution < 1.29 is 18.4 Å². The van der Waals surface area contributed by atoms with E-state index in [1.807, 2.05) is 0 Å². The molecule has 0 radical (unpaired) electrons. The Kier molecular flexibility index (Phi) is 3.58. The van der Waals surface area contributed by atoms with Crippen LogP contribution < -0.4 is 5.73 Å². The van der Waals surface area contributed by atoms with E-state index in [2.05, 4.69) is 15.2 Å². The molecule has 3 N–H and O–H groups in total. The second-order valence-corrected chi connectivity index (χ2v) is 4.41. The standard InChI is InChI=1S/C12H12F3N5O/c1-6-5-7(2)17-11(9(6)10(16)19-21)20-4-3-8(18-20)12(13,14)15/h3-5,21H,1-2H3,(H2,16,19). The Morgan fingerprint density at radius 3 is 2.57 bits per heavy atom. The van der Waals surface area contributed by atoms with E-state index in [9.17, 15) is 13.2 Å². The van der Waals surface area contributed by atoms with Crippen molar-refractivity contribution in [1.82, 2.24) is 14.8 Å². The summed E-state index contributed by atoms with van der Waals surface area (Å²) >= 11 is 0. The Balaban J connectivity index is 2.66. The first kappa shape index (κ1) is 14.8. The van der Waals surface area contributed by atoms with E-state index in [4.69, 9.17) is 10.9 Å². The molecule has 0 fully saturated rings. The summed E-state index contributed by atoms with van der Waals surface area (Å²) in [7, 11) is 0. The zero-order valence-electron chi connectivity index (χ0n) is 11.2. The third-order valence-electron chi connectivity index (χ3n) is 2.79. The van der Waals surface area contributed by atoms with Gasteiger partial charge < -0.3 is 10.9 Å². The van der Waals surface area contributed by atoms with Gasteiger partial charge in [0.2, 0.25) is 0 Å². The van der Waals surface area contributed by atoms with Crippen molar-refractivity contribution >= 4 is 5.84 Å². The summed E-state index contributed by atoms with van der Waals surface area (Å²) in [6, 6.07) is 2.50. The molecule has 0 aliphatic rings. The van der Waals surface area contributed by atoms with Crippen LogP contribution in [0.2, 0.25) is 0 Å². The summed E-state index contributed by atoms with van der Waals surface area (Å²) in [5.74, 6) is -0.183. The maximum absolute atomic E-state index is 12.6. The summed E-state index contributed by atoms with van der Waals surface area (Å²) < 4.78 is 38.8. The highest BCUT2D eigenvalue weighted by molar-refractivity contribution is 6.01. The van der Waals surface area contributed by atoms with Crippen molar-refractivity contribution in [2.45, 2.75) is 20.0 Å². The van der Waals surface area contributed by atoms with Crippen LogP contribution in [-0.4, -0.2) is 25.8 Å². The van der Waals surface area contributed by atoms with Gasteiger partial charge in [0.25, 0.3) is 0 Å². The first-order chi connectivity index (χ1) is 9.74. The lowest BCUT2D eigenvalue weighted by atomic mass is 10.1. The average molecular weight is 299 g/mol. The Morgan fingerprint density at radius 2 is 2.05 bits per heavy atom. The minimum atomic E-state index is -4.55. The monoisotopic (exact) mass is 299 g/mol. The van der Waals surface area contributed by atoms with E-state index >= 15 is 0 Å². The van der Waals surface area contributed by atoms with Crippen molar-refractivity contribution in [3.63, 3.8) is 0 Å². The van der Waals surface area contributed by atoms with Crippen molar-refractivity contribution in [2.75, 3.05) is 0 Å². The van der Waals surface area contributed by atoms with E-state index < -0.39 is 11.9 Å². The minimum Gasteiger partial charge on any atom is -0.409 e. The van der Waals surface area contributed by atoms with Crippen molar-refractivity contribution in [2.24, 2.45) is 10.9 Å². The van der Waals surface area contributed by atoms with Gasteiger partial charge in [0.15, 0.2) is 17.3 Å². The lowest BCUT2D eigenvalue weighted by Crippen LogP contribution is -2.20. The number of halogens is 3. The van der Waals surface area contributed by atoms with Gasteiger partial charge in [-0.15, -0.1) is 0 Å². The van der Waals surface area contributed by atoms with E-state index in [1.54, 1.807) is 19.9 Å². The lowest BCUT2D eigenvalue weighted by Gasteiger charge is -2.12. The number of aryl methyl sites for hydroxylation is 2. The van der Waals surface area contributed by atoms with Crippen LogP contribution in [0.1, 0.15) is 22.5 Å². The maximum atomic E-state index is 12.6. The summed E-state index contributed by atoms with van der Waals surface area (Å²) in [5, 5.41) is 15.1. The van der Waals surface area contributed by atoms with E-state index in [0.717, 1.165) is 16.9 Å². The highest BCUT2D eigenvalue weighted by Gasteiger charge is 2.34. The number of hydrogen-bond donors (Lipinski definition) is 2. The van der Waals surface area contributed by atoms with E-state index in [0.29, 0.717) is 11.3 Å². The van der Waals surface area contributed by atoms with Gasteiger partial charge in [-0.1, -0.05) is 5.16 Å². The first-order valence-electron chi connectivity index (χ1n) is 5.83. The molecular formula is C12H12F3N5O. The molecule has 0 spiro atoms. The third-order valence-corrected chi connectivity index (χ3v) is 2.79. The van der Waals surface area contributed by atoms with Gasteiger partial charge in [-0.3, -0.25) is 0 Å². The van der Waals surface area contributed by atoms with Crippen LogP contribution in [0, 0.1) is 13.8 Å². The smallest absolute Gasteiger partial charge is 0.409 e. The molecule has 9 heteroatoms. The normalized spacial score (nSPS) is 12.7. The van der Waals surface area contributed by atoms with E-state index in [-0.39, 0.29) is 17.2 Å². The fourth-order valence-corrected chi connectivity index (χ4v) is 1.94. The summed E-state index contributed by atoms with van der Waals surface area (Å²) in [6.45, 7) is 3.36. The Bertz CT molecular complexity index is 705. The van der Waals surface area contributed by atoms with Gasteiger partial charge in [-0.2, -0.15) is 18.3 Å². The predicted molar refractivity (Wildman–Crippen MR) is 68.3 cm³/mol. The van der Waals surface area contributed by atoms with Gasteiger partial charge >= 0.3 is 6.18 Å². The molecule has 2 aromatic heterocycles. The van der Waals surface area contributed by atoms with Crippen LogP contribution in [-0.2, 0) is 6.18 Å². The summed E-state index contributed by atoms with van der Waals surface area (Å²) in [4.78, 5) is 4.13. The number of amidine groups is 1. The molecule has 0 aliphatic heterocycles. The minimum absolute atomic E-state index is 0.0679. The molecule has 6 nitrogen and oxygen atoms in total. The Hall–Kier alpha value is -2.58. The molecule has 2 rings (SSSR count). The highest BCUT2D eigenvalue weighted by Crippen LogP contribution is 2.28. The quantitative estimate of drug-likeness (QED) is 0.384. The maximum Gasteiger partial charge on any atom is 0.435 e. The fraction of sp³-hybridized carbons (Fsp3) is 0.250. The van der Waals surface area contributed by atoms with Crippen molar-refractivity contribution in [1.29, 1.82) is 0 Å². The summed E-state index contributed by atoms with van der Waals surface area (Å²) in [6.07, 6.45) is -3.43. The molecule has 112 valence electrons. The molecule has 0 aromatic carbocycles. The number of alkyl halides is 3. The van der Waals surface area contributed by atoms with Crippen molar-refractivity contribution in [3.8, 4) is 5.82 Å². The Morgan fingerprint density at radius 1 is 1.38 bits per heavy atom. The number of nitrogens with zero attached hydrogens (tertiary/aromatic N) is 4. The molecular weight excluding hydrogens is 287 g/mol. The molecule has 0 unspecified atom stereocenters. The fourth-order valence-electron chi connectivity index (χ4n) is 1.94. The molecule has 21 heavy (non-hydrogen) atoms. The van der Waals surface area contributed by atoms with Crippen LogP contribution in [0.25, 0.3) is 5.82 Å². The number of aromatic nitrogens is 3. The average Bonchev–Trinajstić information content (AvgIpc) is 2.86. The third kappa shape index (κ3) is 2.81. The van der Waals surface area contributed by atoms with Crippen LogP contribution in [0.5, 0.6) is 0 Å².